The fourth-order valence-corrected chi connectivity index (χ4v) is 5.04. The van der Waals surface area contributed by atoms with Crippen molar-refractivity contribution in [3.05, 3.63) is 12.2 Å². The van der Waals surface area contributed by atoms with Crippen LogP contribution in [0, 0.1) is 0 Å². The third-order valence-corrected chi connectivity index (χ3v) is 7.56. The molecule has 0 bridgehead atoms. The quantitative estimate of drug-likeness (QED) is 0.0582. The van der Waals surface area contributed by atoms with Crippen LogP contribution in [0.2, 0.25) is 6.04 Å². The highest BCUT2D eigenvalue weighted by molar-refractivity contribution is 7.64. The Hall–Kier alpha value is 0.297. The summed E-state index contributed by atoms with van der Waals surface area (Å²) in [5.74, 6) is -0.265. The predicted molar refractivity (Wildman–Crippen MR) is 128 cm³/mol. The second kappa shape index (κ2) is 19.3. The molecular formula is C22H41Cl3O2Si. The second-order valence-electron chi connectivity index (χ2n) is 7.94. The molecule has 0 aromatic heterocycles. The van der Waals surface area contributed by atoms with Crippen molar-refractivity contribution in [2.24, 2.45) is 0 Å². The molecule has 0 saturated carbocycles. The maximum Gasteiger partial charge on any atom is 0.341 e. The lowest BCUT2D eigenvalue weighted by Crippen LogP contribution is -2.07. The standard InChI is InChI=1S/C22H41Cl3O2Si/c1-21(2)22(26)27-19-17-15-13-11-9-7-5-3-4-6-8-10-12-14-16-18-20-28(23,24)25/h1,3-20H2,2H3. The van der Waals surface area contributed by atoms with Crippen LogP contribution in [0.4, 0.5) is 0 Å². The Balaban J connectivity index is 3.10. The maximum absolute atomic E-state index is 11.2. The number of carbonyl (C=O) groups excluding carboxylic acids is 1. The highest BCUT2D eigenvalue weighted by atomic mass is 35.8. The molecule has 0 rings (SSSR count). The zero-order chi connectivity index (χ0) is 21.1. The van der Waals surface area contributed by atoms with Crippen LogP contribution in [0.3, 0.4) is 0 Å². The Kier molecular flexibility index (Phi) is 19.5. The number of esters is 1. The van der Waals surface area contributed by atoms with E-state index in [9.17, 15) is 4.79 Å². The molecule has 0 aromatic rings. The molecule has 0 radical (unpaired) electrons. The molecule has 0 spiro atoms. The lowest BCUT2D eigenvalue weighted by Gasteiger charge is -2.07. The fourth-order valence-electron chi connectivity index (χ4n) is 3.19. The Bertz CT molecular complexity index is 398. The summed E-state index contributed by atoms with van der Waals surface area (Å²) in [7, 11) is 0. The molecular weight excluding hydrogens is 431 g/mol. The highest BCUT2D eigenvalue weighted by Gasteiger charge is 2.23. The lowest BCUT2D eigenvalue weighted by atomic mass is 10.0. The van der Waals surface area contributed by atoms with Crippen LogP contribution < -0.4 is 0 Å². The molecule has 166 valence electrons. The Morgan fingerprint density at radius 1 is 0.679 bits per heavy atom. The average molecular weight is 472 g/mol. The summed E-state index contributed by atoms with van der Waals surface area (Å²) >= 11 is 17.6. The second-order valence-corrected chi connectivity index (χ2v) is 17.2. The first-order valence-corrected chi connectivity index (χ1v) is 16.5. The number of ether oxygens (including phenoxy) is 1. The molecule has 0 aromatic carbocycles. The van der Waals surface area contributed by atoms with E-state index in [1.807, 2.05) is 0 Å². The van der Waals surface area contributed by atoms with Crippen molar-refractivity contribution in [2.75, 3.05) is 6.61 Å². The minimum atomic E-state index is -2.38. The van der Waals surface area contributed by atoms with Gasteiger partial charge in [-0.3, -0.25) is 0 Å². The largest absolute Gasteiger partial charge is 0.462 e. The van der Waals surface area contributed by atoms with E-state index >= 15 is 0 Å². The monoisotopic (exact) mass is 470 g/mol. The van der Waals surface area contributed by atoms with Gasteiger partial charge in [0.25, 0.3) is 0 Å². The molecule has 0 amide bonds. The molecule has 0 saturated heterocycles. The van der Waals surface area contributed by atoms with E-state index in [1.54, 1.807) is 6.92 Å². The number of halogens is 3. The molecule has 0 atom stereocenters. The van der Waals surface area contributed by atoms with E-state index in [0.29, 0.717) is 12.2 Å². The van der Waals surface area contributed by atoms with Gasteiger partial charge in [-0.05, 0) is 19.4 Å². The summed E-state index contributed by atoms with van der Waals surface area (Å²) < 4.78 is 5.09. The van der Waals surface area contributed by atoms with Gasteiger partial charge in [0.15, 0.2) is 0 Å². The van der Waals surface area contributed by atoms with Gasteiger partial charge < -0.3 is 4.74 Å². The molecule has 0 aliphatic rings. The predicted octanol–water partition coefficient (Wildman–Crippen LogP) is 9.00. The Labute approximate surface area is 188 Å². The number of carbonyl (C=O) groups is 1. The summed E-state index contributed by atoms with van der Waals surface area (Å²) in [6.45, 7) is 5.79. The lowest BCUT2D eigenvalue weighted by molar-refractivity contribution is -0.139. The fraction of sp³-hybridized carbons (Fsp3) is 0.864. The van der Waals surface area contributed by atoms with E-state index in [-0.39, 0.29) is 5.97 Å². The van der Waals surface area contributed by atoms with Gasteiger partial charge in [0.1, 0.15) is 0 Å². The van der Waals surface area contributed by atoms with Gasteiger partial charge in [-0.1, -0.05) is 103 Å². The van der Waals surface area contributed by atoms with Gasteiger partial charge >= 0.3 is 12.0 Å². The van der Waals surface area contributed by atoms with Crippen LogP contribution in [-0.2, 0) is 9.53 Å². The van der Waals surface area contributed by atoms with Crippen molar-refractivity contribution in [3.63, 3.8) is 0 Å². The van der Waals surface area contributed by atoms with E-state index < -0.39 is 6.00 Å². The van der Waals surface area contributed by atoms with Crippen LogP contribution in [0.1, 0.15) is 110 Å². The summed E-state index contributed by atoms with van der Waals surface area (Å²) in [5, 5.41) is 0. The van der Waals surface area contributed by atoms with E-state index in [2.05, 4.69) is 6.58 Å². The zero-order valence-electron chi connectivity index (χ0n) is 17.9. The third kappa shape index (κ3) is 22.6. The van der Waals surface area contributed by atoms with Crippen LogP contribution in [0.25, 0.3) is 0 Å². The SMILES string of the molecule is C=C(C)C(=O)OCCCCCCCCCCCCCCCCCC[Si](Cl)(Cl)Cl. The van der Waals surface area contributed by atoms with Gasteiger partial charge in [0.05, 0.1) is 6.61 Å². The summed E-state index contributed by atoms with van der Waals surface area (Å²) in [6.07, 6.45) is 20.5. The van der Waals surface area contributed by atoms with Gasteiger partial charge in [-0.2, -0.15) is 0 Å². The maximum atomic E-state index is 11.2. The van der Waals surface area contributed by atoms with E-state index in [1.165, 1.54) is 83.5 Å². The number of unbranched alkanes of at least 4 members (excludes halogenated alkanes) is 15. The molecule has 0 fully saturated rings. The average Bonchev–Trinajstić information content (AvgIpc) is 2.62. The number of hydrogen-bond acceptors (Lipinski definition) is 2. The first-order chi connectivity index (χ1) is 13.3. The van der Waals surface area contributed by atoms with Crippen molar-refractivity contribution in [1.29, 1.82) is 0 Å². The minimum absolute atomic E-state index is 0.265. The molecule has 0 aliphatic heterocycles. The minimum Gasteiger partial charge on any atom is -0.462 e. The van der Waals surface area contributed by atoms with Crippen molar-refractivity contribution >= 4 is 45.2 Å². The van der Waals surface area contributed by atoms with Crippen molar-refractivity contribution in [3.8, 4) is 0 Å². The first kappa shape index (κ1) is 28.3. The van der Waals surface area contributed by atoms with E-state index in [4.69, 9.17) is 38.0 Å². The highest BCUT2D eigenvalue weighted by Crippen LogP contribution is 2.27. The van der Waals surface area contributed by atoms with Crippen molar-refractivity contribution in [1.82, 2.24) is 0 Å². The number of rotatable bonds is 20. The number of hydrogen-bond donors (Lipinski definition) is 0. The third-order valence-electron chi connectivity index (χ3n) is 4.94. The van der Waals surface area contributed by atoms with Gasteiger partial charge in [-0.25, -0.2) is 4.79 Å². The molecule has 6 heteroatoms. The molecule has 0 heterocycles. The summed E-state index contributed by atoms with van der Waals surface area (Å²) in [4.78, 5) is 11.2. The Morgan fingerprint density at radius 3 is 1.32 bits per heavy atom. The van der Waals surface area contributed by atoms with E-state index in [0.717, 1.165) is 25.3 Å². The van der Waals surface area contributed by atoms with Crippen LogP contribution in [0.5, 0.6) is 0 Å². The van der Waals surface area contributed by atoms with Crippen molar-refractivity contribution < 1.29 is 9.53 Å². The zero-order valence-corrected chi connectivity index (χ0v) is 21.2. The van der Waals surface area contributed by atoms with Crippen molar-refractivity contribution in [2.45, 2.75) is 116 Å². The molecule has 0 aliphatic carbocycles. The molecule has 28 heavy (non-hydrogen) atoms. The molecule has 2 nitrogen and oxygen atoms in total. The smallest absolute Gasteiger partial charge is 0.341 e. The van der Waals surface area contributed by atoms with Crippen LogP contribution >= 0.6 is 33.2 Å². The Morgan fingerprint density at radius 2 is 1.00 bits per heavy atom. The van der Waals surface area contributed by atoms with Gasteiger partial charge in [0, 0.05) is 5.57 Å². The normalized spacial score (nSPS) is 11.6. The topological polar surface area (TPSA) is 26.3 Å². The summed E-state index contributed by atoms with van der Waals surface area (Å²) in [5.41, 5.74) is 0.481. The van der Waals surface area contributed by atoms with Gasteiger partial charge in [0.2, 0.25) is 0 Å². The van der Waals surface area contributed by atoms with Gasteiger partial charge in [-0.15, -0.1) is 33.2 Å². The van der Waals surface area contributed by atoms with Crippen LogP contribution in [-0.4, -0.2) is 18.6 Å². The first-order valence-electron chi connectivity index (χ1n) is 11.2. The molecule has 0 unspecified atom stereocenters. The summed E-state index contributed by atoms with van der Waals surface area (Å²) in [6, 6.07) is -1.57. The van der Waals surface area contributed by atoms with Crippen LogP contribution in [0.15, 0.2) is 12.2 Å². The molecule has 0 N–H and O–H groups in total.